The Morgan fingerprint density at radius 2 is 2.05 bits per heavy atom. The lowest BCUT2D eigenvalue weighted by Crippen LogP contribution is -2.27. The van der Waals surface area contributed by atoms with E-state index in [9.17, 15) is 0 Å². The van der Waals surface area contributed by atoms with Gasteiger partial charge in [0.05, 0.1) is 12.7 Å². The molecule has 0 saturated heterocycles. The van der Waals surface area contributed by atoms with Crippen LogP contribution in [-0.2, 0) is 11.2 Å². The standard InChI is InChI=1S/C16H27BrN2O/c1-5-15(18)10-13-6-7-14(17)11-16(13)19(4)8-9-20-12(2)3/h6-7,11-12,15H,5,8-10,18H2,1-4H3. The van der Waals surface area contributed by atoms with Gasteiger partial charge >= 0.3 is 0 Å². The van der Waals surface area contributed by atoms with E-state index in [-0.39, 0.29) is 12.1 Å². The van der Waals surface area contributed by atoms with Crippen LogP contribution in [0, 0.1) is 0 Å². The van der Waals surface area contributed by atoms with E-state index in [0.717, 1.165) is 30.5 Å². The number of benzene rings is 1. The van der Waals surface area contributed by atoms with Gasteiger partial charge in [0.25, 0.3) is 0 Å². The largest absolute Gasteiger partial charge is 0.377 e. The van der Waals surface area contributed by atoms with Crippen LogP contribution in [0.15, 0.2) is 22.7 Å². The van der Waals surface area contributed by atoms with Gasteiger partial charge in [-0.05, 0) is 44.4 Å². The van der Waals surface area contributed by atoms with Gasteiger partial charge < -0.3 is 15.4 Å². The molecule has 0 radical (unpaired) electrons. The first-order chi connectivity index (χ1) is 9.43. The smallest absolute Gasteiger partial charge is 0.0644 e. The fourth-order valence-corrected chi connectivity index (χ4v) is 2.39. The molecule has 0 saturated carbocycles. The summed E-state index contributed by atoms with van der Waals surface area (Å²) in [5.41, 5.74) is 8.63. The van der Waals surface area contributed by atoms with Gasteiger partial charge in [-0.15, -0.1) is 0 Å². The summed E-state index contributed by atoms with van der Waals surface area (Å²) in [7, 11) is 2.10. The SMILES string of the molecule is CCC(N)Cc1ccc(Br)cc1N(C)CCOC(C)C. The molecule has 2 N–H and O–H groups in total. The molecule has 20 heavy (non-hydrogen) atoms. The van der Waals surface area contributed by atoms with E-state index in [1.54, 1.807) is 0 Å². The summed E-state index contributed by atoms with van der Waals surface area (Å²) in [4.78, 5) is 2.24. The molecule has 1 aromatic carbocycles. The minimum absolute atomic E-state index is 0.218. The third-order valence-electron chi connectivity index (χ3n) is 3.34. The van der Waals surface area contributed by atoms with Gasteiger partial charge in [-0.1, -0.05) is 28.9 Å². The van der Waals surface area contributed by atoms with Gasteiger partial charge in [0.15, 0.2) is 0 Å². The van der Waals surface area contributed by atoms with Crippen LogP contribution in [0.5, 0.6) is 0 Å². The molecular formula is C16H27BrN2O. The molecule has 1 aromatic rings. The van der Waals surface area contributed by atoms with Crippen molar-refractivity contribution >= 4 is 21.6 Å². The Hall–Kier alpha value is -0.580. The Morgan fingerprint density at radius 3 is 2.65 bits per heavy atom. The van der Waals surface area contributed by atoms with Gasteiger partial charge in [-0.25, -0.2) is 0 Å². The number of ether oxygens (including phenoxy) is 1. The third kappa shape index (κ3) is 5.81. The lowest BCUT2D eigenvalue weighted by molar-refractivity contribution is 0.0846. The summed E-state index contributed by atoms with van der Waals surface area (Å²) >= 11 is 3.55. The Bertz CT molecular complexity index is 409. The molecule has 0 aliphatic rings. The number of nitrogens with two attached hydrogens (primary N) is 1. The second-order valence-electron chi connectivity index (χ2n) is 5.49. The molecule has 0 aliphatic heterocycles. The van der Waals surface area contributed by atoms with Gasteiger partial charge in [0.2, 0.25) is 0 Å². The lowest BCUT2D eigenvalue weighted by atomic mass is 10.0. The van der Waals surface area contributed by atoms with Crippen molar-refractivity contribution < 1.29 is 4.74 Å². The highest BCUT2D eigenvalue weighted by atomic mass is 79.9. The van der Waals surface area contributed by atoms with Crippen molar-refractivity contribution in [3.8, 4) is 0 Å². The fourth-order valence-electron chi connectivity index (χ4n) is 2.04. The van der Waals surface area contributed by atoms with Gasteiger partial charge in [-0.2, -0.15) is 0 Å². The number of halogens is 1. The quantitative estimate of drug-likeness (QED) is 0.784. The van der Waals surface area contributed by atoms with E-state index in [4.69, 9.17) is 10.5 Å². The minimum Gasteiger partial charge on any atom is -0.377 e. The first-order valence-electron chi connectivity index (χ1n) is 7.30. The van der Waals surface area contributed by atoms with E-state index in [1.807, 2.05) is 0 Å². The number of nitrogens with zero attached hydrogens (tertiary/aromatic N) is 1. The predicted octanol–water partition coefficient (Wildman–Crippen LogP) is 3.59. The zero-order valence-corrected chi connectivity index (χ0v) is 14.6. The molecule has 0 spiro atoms. The minimum atomic E-state index is 0.218. The molecule has 4 heteroatoms. The Balaban J connectivity index is 2.77. The molecule has 0 fully saturated rings. The Labute approximate surface area is 131 Å². The van der Waals surface area contributed by atoms with E-state index in [0.29, 0.717) is 0 Å². The maximum absolute atomic E-state index is 6.10. The second kappa shape index (κ2) is 8.65. The third-order valence-corrected chi connectivity index (χ3v) is 3.84. The van der Waals surface area contributed by atoms with Crippen molar-refractivity contribution in [2.45, 2.75) is 45.8 Å². The predicted molar refractivity (Wildman–Crippen MR) is 90.5 cm³/mol. The number of rotatable bonds is 8. The van der Waals surface area contributed by atoms with E-state index >= 15 is 0 Å². The number of hydrogen-bond donors (Lipinski definition) is 1. The molecule has 0 bridgehead atoms. The summed E-state index contributed by atoms with van der Waals surface area (Å²) in [6.45, 7) is 7.86. The molecule has 1 unspecified atom stereocenters. The summed E-state index contributed by atoms with van der Waals surface area (Å²) in [5, 5.41) is 0. The first-order valence-corrected chi connectivity index (χ1v) is 8.10. The highest BCUT2D eigenvalue weighted by Gasteiger charge is 2.11. The average Bonchev–Trinajstić information content (AvgIpc) is 2.40. The maximum Gasteiger partial charge on any atom is 0.0644 e. The number of likely N-dealkylation sites (N-methyl/N-ethyl adjacent to an activating group) is 1. The fraction of sp³-hybridized carbons (Fsp3) is 0.625. The lowest BCUT2D eigenvalue weighted by Gasteiger charge is -2.24. The van der Waals surface area contributed by atoms with Crippen LogP contribution in [0.1, 0.15) is 32.8 Å². The monoisotopic (exact) mass is 342 g/mol. The average molecular weight is 343 g/mol. The van der Waals surface area contributed by atoms with Crippen molar-refractivity contribution in [1.82, 2.24) is 0 Å². The first kappa shape index (κ1) is 17.5. The highest BCUT2D eigenvalue weighted by Crippen LogP contribution is 2.25. The summed E-state index contributed by atoms with van der Waals surface area (Å²) in [6.07, 6.45) is 2.18. The van der Waals surface area contributed by atoms with Gasteiger partial charge in [0, 0.05) is 29.8 Å². The molecule has 0 heterocycles. The van der Waals surface area contributed by atoms with E-state index in [2.05, 4.69) is 66.8 Å². The number of hydrogen-bond acceptors (Lipinski definition) is 3. The van der Waals surface area contributed by atoms with E-state index in [1.165, 1.54) is 11.3 Å². The Morgan fingerprint density at radius 1 is 1.35 bits per heavy atom. The van der Waals surface area contributed by atoms with Gasteiger partial charge in [0.1, 0.15) is 0 Å². The number of anilines is 1. The highest BCUT2D eigenvalue weighted by molar-refractivity contribution is 9.10. The van der Waals surface area contributed by atoms with Crippen molar-refractivity contribution in [3.63, 3.8) is 0 Å². The van der Waals surface area contributed by atoms with Crippen molar-refractivity contribution in [1.29, 1.82) is 0 Å². The molecule has 1 rings (SSSR count). The normalized spacial score (nSPS) is 12.8. The van der Waals surface area contributed by atoms with Crippen molar-refractivity contribution in [2.24, 2.45) is 5.73 Å². The molecule has 0 amide bonds. The summed E-state index contributed by atoms with van der Waals surface area (Å²) < 4.78 is 6.72. The summed E-state index contributed by atoms with van der Waals surface area (Å²) in [5.74, 6) is 0. The van der Waals surface area contributed by atoms with Crippen LogP contribution in [0.3, 0.4) is 0 Å². The van der Waals surface area contributed by atoms with Crippen LogP contribution < -0.4 is 10.6 Å². The summed E-state index contributed by atoms with van der Waals surface area (Å²) in [6, 6.07) is 6.62. The molecule has 0 aromatic heterocycles. The van der Waals surface area contributed by atoms with Crippen LogP contribution in [0.25, 0.3) is 0 Å². The Kier molecular flexibility index (Phi) is 7.56. The van der Waals surface area contributed by atoms with Crippen molar-refractivity contribution in [3.05, 3.63) is 28.2 Å². The maximum atomic E-state index is 6.10. The van der Waals surface area contributed by atoms with Crippen LogP contribution in [0.2, 0.25) is 0 Å². The van der Waals surface area contributed by atoms with Gasteiger partial charge in [-0.3, -0.25) is 0 Å². The zero-order chi connectivity index (χ0) is 15.1. The van der Waals surface area contributed by atoms with Crippen molar-refractivity contribution in [2.75, 3.05) is 25.1 Å². The van der Waals surface area contributed by atoms with Crippen LogP contribution >= 0.6 is 15.9 Å². The molecular weight excluding hydrogens is 316 g/mol. The van der Waals surface area contributed by atoms with E-state index < -0.39 is 0 Å². The molecule has 114 valence electrons. The molecule has 0 aliphatic carbocycles. The molecule has 1 atom stereocenters. The van der Waals surface area contributed by atoms with Crippen LogP contribution in [0.4, 0.5) is 5.69 Å². The zero-order valence-electron chi connectivity index (χ0n) is 13.0. The second-order valence-corrected chi connectivity index (χ2v) is 6.40. The molecule has 3 nitrogen and oxygen atoms in total. The van der Waals surface area contributed by atoms with Crippen LogP contribution in [-0.4, -0.2) is 32.3 Å². The topological polar surface area (TPSA) is 38.5 Å².